The average Bonchev–Trinajstić information content (AvgIpc) is 2.91. The molecule has 21 heavy (non-hydrogen) atoms. The molecule has 0 radical (unpaired) electrons. The van der Waals surface area contributed by atoms with E-state index >= 15 is 0 Å². The fourth-order valence-electron chi connectivity index (χ4n) is 3.48. The summed E-state index contributed by atoms with van der Waals surface area (Å²) in [5, 5.41) is 3.65. The zero-order valence-corrected chi connectivity index (χ0v) is 13.0. The summed E-state index contributed by atoms with van der Waals surface area (Å²) in [5.74, 6) is -0.0516. The van der Waals surface area contributed by atoms with Gasteiger partial charge in [-0.15, -0.1) is 0 Å². The van der Waals surface area contributed by atoms with Crippen molar-refractivity contribution >= 4 is 0 Å². The summed E-state index contributed by atoms with van der Waals surface area (Å²) in [4.78, 5) is 2.48. The first kappa shape index (κ1) is 14.9. The van der Waals surface area contributed by atoms with Gasteiger partial charge in [-0.3, -0.25) is 4.90 Å². The SMILES string of the molecule is CC(C)(CNC1CCc2c(F)cccc21)N1CCOCC1. The lowest BCUT2D eigenvalue weighted by Crippen LogP contribution is -2.54. The van der Waals surface area contributed by atoms with Gasteiger partial charge in [-0.1, -0.05) is 12.1 Å². The number of ether oxygens (including phenoxy) is 1. The molecule has 0 spiro atoms. The standard InChI is InChI=1S/C17H25FN2O/c1-17(2,20-8-10-21-11-9-20)12-19-16-7-6-13-14(16)4-3-5-15(13)18/h3-5,16,19H,6-12H2,1-2H3. The van der Waals surface area contributed by atoms with Crippen LogP contribution in [0.25, 0.3) is 0 Å². The molecule has 1 fully saturated rings. The predicted octanol–water partition coefficient (Wildman–Crippen LogP) is 2.51. The van der Waals surface area contributed by atoms with Gasteiger partial charge in [-0.2, -0.15) is 0 Å². The van der Waals surface area contributed by atoms with E-state index in [2.05, 4.69) is 30.1 Å². The predicted molar refractivity (Wildman–Crippen MR) is 81.9 cm³/mol. The van der Waals surface area contributed by atoms with Crippen LogP contribution in [0.4, 0.5) is 4.39 Å². The van der Waals surface area contributed by atoms with Gasteiger partial charge in [0.25, 0.3) is 0 Å². The topological polar surface area (TPSA) is 24.5 Å². The molecular formula is C17H25FN2O. The summed E-state index contributed by atoms with van der Waals surface area (Å²) < 4.78 is 19.2. The van der Waals surface area contributed by atoms with E-state index in [4.69, 9.17) is 4.74 Å². The lowest BCUT2D eigenvalue weighted by molar-refractivity contribution is -0.0103. The van der Waals surface area contributed by atoms with Crippen LogP contribution in [0, 0.1) is 5.82 Å². The third kappa shape index (κ3) is 3.12. The van der Waals surface area contributed by atoms with Crippen LogP contribution in [0.5, 0.6) is 0 Å². The number of hydrogen-bond acceptors (Lipinski definition) is 3. The quantitative estimate of drug-likeness (QED) is 0.923. The number of fused-ring (bicyclic) bond motifs is 1. The fourth-order valence-corrected chi connectivity index (χ4v) is 3.48. The van der Waals surface area contributed by atoms with Crippen LogP contribution >= 0.6 is 0 Å². The van der Waals surface area contributed by atoms with Crippen LogP contribution in [0.1, 0.15) is 37.4 Å². The Hall–Kier alpha value is -0.970. The molecule has 0 amide bonds. The van der Waals surface area contributed by atoms with Gasteiger partial charge in [0.05, 0.1) is 13.2 Å². The van der Waals surface area contributed by atoms with E-state index in [0.29, 0.717) is 0 Å². The number of rotatable bonds is 4. The molecule has 1 heterocycles. The summed E-state index contributed by atoms with van der Waals surface area (Å²) in [6, 6.07) is 5.74. The van der Waals surface area contributed by atoms with Gasteiger partial charge in [0, 0.05) is 31.2 Å². The maximum Gasteiger partial charge on any atom is 0.126 e. The minimum absolute atomic E-state index is 0.0516. The summed E-state index contributed by atoms with van der Waals surface area (Å²) in [5.41, 5.74) is 2.15. The summed E-state index contributed by atoms with van der Waals surface area (Å²) in [7, 11) is 0. The minimum atomic E-state index is -0.0516. The highest BCUT2D eigenvalue weighted by Gasteiger charge is 2.31. The van der Waals surface area contributed by atoms with Gasteiger partial charge in [0.1, 0.15) is 5.82 Å². The van der Waals surface area contributed by atoms with Crippen LogP contribution in [-0.4, -0.2) is 43.3 Å². The van der Waals surface area contributed by atoms with Gasteiger partial charge >= 0.3 is 0 Å². The largest absolute Gasteiger partial charge is 0.379 e. The third-order valence-corrected chi connectivity index (χ3v) is 4.86. The van der Waals surface area contributed by atoms with E-state index < -0.39 is 0 Å². The molecule has 0 saturated carbocycles. The first-order chi connectivity index (χ1) is 10.1. The molecule has 1 unspecified atom stereocenters. The molecule has 1 aromatic carbocycles. The van der Waals surface area contributed by atoms with Crippen molar-refractivity contribution in [1.82, 2.24) is 10.2 Å². The molecule has 3 rings (SSSR count). The Kier molecular flexibility index (Phi) is 4.29. The van der Waals surface area contributed by atoms with E-state index in [1.807, 2.05) is 6.07 Å². The zero-order valence-electron chi connectivity index (χ0n) is 13.0. The Labute approximate surface area is 126 Å². The van der Waals surface area contributed by atoms with Crippen LogP contribution in [0.2, 0.25) is 0 Å². The van der Waals surface area contributed by atoms with E-state index in [-0.39, 0.29) is 17.4 Å². The second-order valence-corrected chi connectivity index (χ2v) is 6.69. The molecule has 1 aliphatic carbocycles. The molecule has 1 aliphatic heterocycles. The summed E-state index contributed by atoms with van der Waals surface area (Å²) >= 11 is 0. The highest BCUT2D eigenvalue weighted by Crippen LogP contribution is 2.33. The minimum Gasteiger partial charge on any atom is -0.379 e. The molecule has 116 valence electrons. The van der Waals surface area contributed by atoms with E-state index in [9.17, 15) is 4.39 Å². The number of benzene rings is 1. The van der Waals surface area contributed by atoms with Gasteiger partial charge in [-0.05, 0) is 43.9 Å². The van der Waals surface area contributed by atoms with E-state index in [1.54, 1.807) is 6.07 Å². The second-order valence-electron chi connectivity index (χ2n) is 6.69. The Morgan fingerprint density at radius 1 is 1.33 bits per heavy atom. The Morgan fingerprint density at radius 3 is 2.86 bits per heavy atom. The first-order valence-electron chi connectivity index (χ1n) is 7.91. The lowest BCUT2D eigenvalue weighted by atomic mass is 10.0. The molecule has 1 saturated heterocycles. The lowest BCUT2D eigenvalue weighted by Gasteiger charge is -2.41. The van der Waals surface area contributed by atoms with Crippen LogP contribution in [0.3, 0.4) is 0 Å². The molecule has 1 N–H and O–H groups in total. The van der Waals surface area contributed by atoms with Crippen LogP contribution in [-0.2, 0) is 11.2 Å². The fraction of sp³-hybridized carbons (Fsp3) is 0.647. The summed E-state index contributed by atoms with van der Waals surface area (Å²) in [6.45, 7) is 9.07. The van der Waals surface area contributed by atoms with Crippen molar-refractivity contribution in [3.05, 3.63) is 35.1 Å². The average molecular weight is 292 g/mol. The monoisotopic (exact) mass is 292 g/mol. The number of morpholine rings is 1. The van der Waals surface area contributed by atoms with E-state index in [1.165, 1.54) is 0 Å². The Morgan fingerprint density at radius 2 is 2.10 bits per heavy atom. The van der Waals surface area contributed by atoms with Gasteiger partial charge in [0.2, 0.25) is 0 Å². The molecule has 1 atom stereocenters. The molecule has 1 aromatic rings. The van der Waals surface area contributed by atoms with Crippen LogP contribution in [0.15, 0.2) is 18.2 Å². The highest BCUT2D eigenvalue weighted by atomic mass is 19.1. The third-order valence-electron chi connectivity index (χ3n) is 4.86. The Balaban J connectivity index is 1.62. The zero-order chi connectivity index (χ0) is 14.9. The molecule has 4 heteroatoms. The number of nitrogens with one attached hydrogen (secondary N) is 1. The van der Waals surface area contributed by atoms with Crippen molar-refractivity contribution in [3.63, 3.8) is 0 Å². The maximum absolute atomic E-state index is 13.8. The van der Waals surface area contributed by atoms with Crippen molar-refractivity contribution in [1.29, 1.82) is 0 Å². The van der Waals surface area contributed by atoms with Crippen LogP contribution < -0.4 is 5.32 Å². The second kappa shape index (κ2) is 6.03. The smallest absolute Gasteiger partial charge is 0.126 e. The van der Waals surface area contributed by atoms with Crippen molar-refractivity contribution < 1.29 is 9.13 Å². The van der Waals surface area contributed by atoms with Gasteiger partial charge in [-0.25, -0.2) is 4.39 Å². The molecule has 2 aliphatic rings. The molecule has 3 nitrogen and oxygen atoms in total. The van der Waals surface area contributed by atoms with Crippen molar-refractivity contribution in [2.24, 2.45) is 0 Å². The van der Waals surface area contributed by atoms with Crippen molar-refractivity contribution in [2.75, 3.05) is 32.8 Å². The maximum atomic E-state index is 13.8. The number of halogens is 1. The van der Waals surface area contributed by atoms with Gasteiger partial charge < -0.3 is 10.1 Å². The summed E-state index contributed by atoms with van der Waals surface area (Å²) in [6.07, 6.45) is 1.84. The first-order valence-corrected chi connectivity index (χ1v) is 7.91. The number of hydrogen-bond donors (Lipinski definition) is 1. The normalized spacial score (nSPS) is 23.3. The van der Waals surface area contributed by atoms with E-state index in [0.717, 1.165) is 56.8 Å². The van der Waals surface area contributed by atoms with Gasteiger partial charge in [0.15, 0.2) is 0 Å². The molecular weight excluding hydrogens is 267 g/mol. The Bertz CT molecular complexity index is 498. The van der Waals surface area contributed by atoms with Crippen molar-refractivity contribution in [2.45, 2.75) is 38.3 Å². The van der Waals surface area contributed by atoms with Crippen molar-refractivity contribution in [3.8, 4) is 0 Å². The molecule has 0 bridgehead atoms. The molecule has 0 aromatic heterocycles. The number of nitrogens with zero attached hydrogens (tertiary/aromatic N) is 1. The highest BCUT2D eigenvalue weighted by molar-refractivity contribution is 5.35.